The molecule has 2 aromatic rings. The molecule has 1 aliphatic carbocycles. The van der Waals surface area contributed by atoms with E-state index in [2.05, 4.69) is 19.2 Å². The molecule has 0 heterocycles. The van der Waals surface area contributed by atoms with Crippen molar-refractivity contribution in [2.45, 2.75) is 26.3 Å². The number of hydrogen-bond donors (Lipinski definition) is 1. The second-order valence-corrected chi connectivity index (χ2v) is 6.65. The topological polar surface area (TPSA) is 12.0 Å². The number of halogens is 3. The van der Waals surface area contributed by atoms with Crippen molar-refractivity contribution in [3.63, 3.8) is 0 Å². The highest BCUT2D eigenvalue weighted by Gasteiger charge is 2.39. The molecule has 0 bridgehead atoms. The van der Waals surface area contributed by atoms with Gasteiger partial charge in [-0.15, -0.1) is 0 Å². The minimum Gasteiger partial charge on any atom is -0.375 e. The highest BCUT2D eigenvalue weighted by Crippen LogP contribution is 2.47. The van der Waals surface area contributed by atoms with Crippen molar-refractivity contribution in [2.24, 2.45) is 5.41 Å². The molecule has 0 fully saturated rings. The molecule has 0 amide bonds. The maximum absolute atomic E-state index is 13.9. The van der Waals surface area contributed by atoms with E-state index >= 15 is 0 Å². The summed E-state index contributed by atoms with van der Waals surface area (Å²) >= 11 is 6.09. The van der Waals surface area contributed by atoms with Crippen molar-refractivity contribution in [2.75, 3.05) is 5.32 Å². The van der Waals surface area contributed by atoms with Crippen LogP contribution in [0.5, 0.6) is 0 Å². The van der Waals surface area contributed by atoms with E-state index in [9.17, 15) is 8.78 Å². The third-order valence-corrected chi connectivity index (χ3v) is 4.31. The average molecular weight is 308 g/mol. The molecular formula is C17H16ClF2N. The molecular weight excluding hydrogens is 292 g/mol. The van der Waals surface area contributed by atoms with Gasteiger partial charge in [-0.3, -0.25) is 0 Å². The van der Waals surface area contributed by atoms with Gasteiger partial charge in [0, 0.05) is 11.1 Å². The van der Waals surface area contributed by atoms with Gasteiger partial charge in [-0.25, -0.2) is 8.78 Å². The van der Waals surface area contributed by atoms with Gasteiger partial charge < -0.3 is 5.32 Å². The minimum atomic E-state index is -0.582. The molecule has 0 radical (unpaired) electrons. The Morgan fingerprint density at radius 2 is 1.90 bits per heavy atom. The molecule has 1 nitrogen and oxygen atoms in total. The Morgan fingerprint density at radius 1 is 1.14 bits per heavy atom. The van der Waals surface area contributed by atoms with E-state index in [4.69, 9.17) is 11.6 Å². The fourth-order valence-corrected chi connectivity index (χ4v) is 3.23. The van der Waals surface area contributed by atoms with Crippen molar-refractivity contribution >= 4 is 17.3 Å². The predicted octanol–water partition coefficient (Wildman–Crippen LogP) is 5.35. The van der Waals surface area contributed by atoms with Gasteiger partial charge in [0.2, 0.25) is 0 Å². The molecule has 4 heteroatoms. The van der Waals surface area contributed by atoms with E-state index in [1.54, 1.807) is 0 Å². The lowest BCUT2D eigenvalue weighted by Gasteiger charge is -2.29. The molecule has 0 saturated carbocycles. The van der Waals surface area contributed by atoms with Gasteiger partial charge in [-0.1, -0.05) is 31.5 Å². The summed E-state index contributed by atoms with van der Waals surface area (Å²) in [5.74, 6) is -1.16. The second kappa shape index (κ2) is 4.99. The van der Waals surface area contributed by atoms with Crippen molar-refractivity contribution in [3.8, 4) is 0 Å². The Bertz CT molecular complexity index is 697. The molecule has 0 saturated heterocycles. The van der Waals surface area contributed by atoms with Crippen LogP contribution in [0.4, 0.5) is 14.5 Å². The third-order valence-electron chi connectivity index (χ3n) is 4.08. The number of benzene rings is 2. The molecule has 0 aromatic heterocycles. The number of rotatable bonds is 2. The van der Waals surface area contributed by atoms with Gasteiger partial charge in [0.1, 0.15) is 11.6 Å². The Morgan fingerprint density at radius 3 is 2.62 bits per heavy atom. The first-order valence-corrected chi connectivity index (χ1v) is 7.24. The minimum absolute atomic E-state index is 0.0637. The van der Waals surface area contributed by atoms with Gasteiger partial charge in [0.15, 0.2) is 0 Å². The zero-order valence-corrected chi connectivity index (χ0v) is 12.6. The van der Waals surface area contributed by atoms with E-state index in [0.29, 0.717) is 10.7 Å². The first-order chi connectivity index (χ1) is 9.87. The van der Waals surface area contributed by atoms with Crippen LogP contribution in [-0.4, -0.2) is 0 Å². The molecule has 1 N–H and O–H groups in total. The fourth-order valence-electron chi connectivity index (χ4n) is 3.04. The number of hydrogen-bond acceptors (Lipinski definition) is 1. The molecule has 3 rings (SSSR count). The molecule has 2 aromatic carbocycles. The van der Waals surface area contributed by atoms with Gasteiger partial charge >= 0.3 is 0 Å². The SMILES string of the molecule is CC1(C)Cc2ccc(Cl)cc2C1Nc1ccc(F)cc1F. The van der Waals surface area contributed by atoms with Crippen molar-refractivity contribution in [3.05, 3.63) is 64.2 Å². The number of anilines is 1. The summed E-state index contributed by atoms with van der Waals surface area (Å²) in [6, 6.07) is 9.33. The lowest BCUT2D eigenvalue weighted by molar-refractivity contribution is 0.336. The van der Waals surface area contributed by atoms with Crippen LogP contribution in [0.1, 0.15) is 31.0 Å². The van der Waals surface area contributed by atoms with E-state index in [-0.39, 0.29) is 11.5 Å². The van der Waals surface area contributed by atoms with Gasteiger partial charge in [0.05, 0.1) is 11.7 Å². The maximum atomic E-state index is 13.9. The zero-order valence-electron chi connectivity index (χ0n) is 11.9. The van der Waals surface area contributed by atoms with Gasteiger partial charge in [-0.2, -0.15) is 0 Å². The van der Waals surface area contributed by atoms with Crippen LogP contribution < -0.4 is 5.32 Å². The molecule has 0 spiro atoms. The third kappa shape index (κ3) is 2.62. The van der Waals surface area contributed by atoms with Crippen LogP contribution in [0, 0.1) is 17.0 Å². The molecule has 1 atom stereocenters. The standard InChI is InChI=1S/C17H16ClF2N/c1-17(2)9-10-3-4-11(18)7-13(10)16(17)21-15-6-5-12(19)8-14(15)20/h3-8,16,21H,9H2,1-2H3. The van der Waals surface area contributed by atoms with Crippen LogP contribution in [0.3, 0.4) is 0 Å². The molecule has 1 aliphatic rings. The van der Waals surface area contributed by atoms with Crippen molar-refractivity contribution < 1.29 is 8.78 Å². The van der Waals surface area contributed by atoms with E-state index in [1.165, 1.54) is 17.7 Å². The average Bonchev–Trinajstić information content (AvgIpc) is 2.63. The predicted molar refractivity (Wildman–Crippen MR) is 81.7 cm³/mol. The monoisotopic (exact) mass is 307 g/mol. The Hall–Kier alpha value is -1.61. The van der Waals surface area contributed by atoms with E-state index < -0.39 is 11.6 Å². The lowest BCUT2D eigenvalue weighted by Crippen LogP contribution is -2.25. The molecule has 21 heavy (non-hydrogen) atoms. The number of nitrogens with one attached hydrogen (secondary N) is 1. The van der Waals surface area contributed by atoms with Crippen molar-refractivity contribution in [1.82, 2.24) is 0 Å². The largest absolute Gasteiger partial charge is 0.375 e. The number of fused-ring (bicyclic) bond motifs is 1. The molecule has 1 unspecified atom stereocenters. The van der Waals surface area contributed by atoms with Crippen molar-refractivity contribution in [1.29, 1.82) is 0 Å². The quantitative estimate of drug-likeness (QED) is 0.788. The summed E-state index contributed by atoms with van der Waals surface area (Å²) in [6.07, 6.45) is 0.889. The summed E-state index contributed by atoms with van der Waals surface area (Å²) in [7, 11) is 0. The Balaban J connectivity index is 1.99. The highest BCUT2D eigenvalue weighted by atomic mass is 35.5. The van der Waals surface area contributed by atoms with Crippen LogP contribution in [0.25, 0.3) is 0 Å². The summed E-state index contributed by atoms with van der Waals surface area (Å²) in [4.78, 5) is 0. The normalized spacial score (nSPS) is 19.4. The highest BCUT2D eigenvalue weighted by molar-refractivity contribution is 6.30. The Kier molecular flexibility index (Phi) is 3.40. The maximum Gasteiger partial charge on any atom is 0.149 e. The second-order valence-electron chi connectivity index (χ2n) is 6.21. The fraction of sp³-hybridized carbons (Fsp3) is 0.294. The van der Waals surface area contributed by atoms with Crippen LogP contribution in [0.15, 0.2) is 36.4 Å². The first-order valence-electron chi connectivity index (χ1n) is 6.87. The lowest BCUT2D eigenvalue weighted by atomic mass is 9.85. The molecule has 110 valence electrons. The molecule has 0 aliphatic heterocycles. The van der Waals surface area contributed by atoms with Crippen LogP contribution in [-0.2, 0) is 6.42 Å². The first kappa shape index (κ1) is 14.3. The van der Waals surface area contributed by atoms with Crippen LogP contribution in [0.2, 0.25) is 5.02 Å². The van der Waals surface area contributed by atoms with E-state index in [1.807, 2.05) is 18.2 Å². The smallest absolute Gasteiger partial charge is 0.149 e. The van der Waals surface area contributed by atoms with Gasteiger partial charge in [-0.05, 0) is 47.2 Å². The summed E-state index contributed by atoms with van der Waals surface area (Å²) in [5, 5.41) is 3.87. The van der Waals surface area contributed by atoms with E-state index in [0.717, 1.165) is 18.1 Å². The zero-order chi connectivity index (χ0) is 15.2. The Labute approximate surface area is 127 Å². The van der Waals surface area contributed by atoms with Crippen LogP contribution >= 0.6 is 11.6 Å². The van der Waals surface area contributed by atoms with Gasteiger partial charge in [0.25, 0.3) is 0 Å². The summed E-state index contributed by atoms with van der Waals surface area (Å²) < 4.78 is 26.9. The summed E-state index contributed by atoms with van der Waals surface area (Å²) in [5.41, 5.74) is 2.52. The summed E-state index contributed by atoms with van der Waals surface area (Å²) in [6.45, 7) is 4.25.